The number of hydrogen-bond acceptors (Lipinski definition) is 5. The zero-order valence-corrected chi connectivity index (χ0v) is 20.1. The fraction of sp³-hybridized carbons (Fsp3) is 0.357. The number of benzene rings is 2. The third-order valence-corrected chi connectivity index (χ3v) is 6.45. The van der Waals surface area contributed by atoms with Crippen molar-refractivity contribution in [1.29, 1.82) is 0 Å². The summed E-state index contributed by atoms with van der Waals surface area (Å²) in [5.74, 6) is 0.358. The van der Waals surface area contributed by atoms with Gasteiger partial charge in [0, 0.05) is 13.0 Å². The Morgan fingerprint density at radius 3 is 2.37 bits per heavy atom. The predicted molar refractivity (Wildman–Crippen MR) is 134 cm³/mol. The van der Waals surface area contributed by atoms with Crippen molar-refractivity contribution in [2.45, 2.75) is 37.8 Å². The van der Waals surface area contributed by atoms with Gasteiger partial charge in [0.2, 0.25) is 5.91 Å². The number of piperidine rings is 1. The second-order valence-corrected chi connectivity index (χ2v) is 8.82. The highest BCUT2D eigenvalue weighted by Crippen LogP contribution is 2.26. The SMILES string of the molecule is COc1ccc(C(CNC(=O)C(Cc2ccccc2)NC(=O)c2ccco2)N2CCCCC2)cc1. The largest absolute Gasteiger partial charge is 0.497 e. The topological polar surface area (TPSA) is 83.8 Å². The van der Waals surface area contributed by atoms with Crippen LogP contribution in [0.3, 0.4) is 0 Å². The lowest BCUT2D eigenvalue weighted by molar-refractivity contribution is -0.123. The Morgan fingerprint density at radius 2 is 1.71 bits per heavy atom. The van der Waals surface area contributed by atoms with Crippen molar-refractivity contribution in [2.75, 3.05) is 26.7 Å². The summed E-state index contributed by atoms with van der Waals surface area (Å²) in [7, 11) is 1.65. The highest BCUT2D eigenvalue weighted by atomic mass is 16.5. The van der Waals surface area contributed by atoms with Crippen LogP contribution in [0.5, 0.6) is 5.75 Å². The number of carbonyl (C=O) groups is 2. The maximum Gasteiger partial charge on any atom is 0.287 e. The van der Waals surface area contributed by atoms with E-state index in [2.05, 4.69) is 27.7 Å². The molecule has 0 bridgehead atoms. The third-order valence-electron chi connectivity index (χ3n) is 6.45. The van der Waals surface area contributed by atoms with Crippen molar-refractivity contribution in [3.05, 3.63) is 89.9 Å². The number of rotatable bonds is 10. The molecular weight excluding hydrogens is 442 g/mol. The summed E-state index contributed by atoms with van der Waals surface area (Å²) in [6, 6.07) is 20.3. The van der Waals surface area contributed by atoms with Gasteiger partial charge in [-0.1, -0.05) is 48.9 Å². The standard InChI is InChI=1S/C28H33N3O4/c1-34-23-14-12-22(13-15-23)25(31-16-6-3-7-17-31)20-29-27(32)24(19-21-9-4-2-5-10-21)30-28(33)26-11-8-18-35-26/h2,4-5,8-15,18,24-25H,3,6-7,16-17,19-20H2,1H3,(H,29,32)(H,30,33). The molecule has 1 saturated heterocycles. The van der Waals surface area contributed by atoms with Crippen LogP contribution in [-0.2, 0) is 11.2 Å². The first kappa shape index (κ1) is 24.5. The van der Waals surface area contributed by atoms with Gasteiger partial charge in [-0.3, -0.25) is 14.5 Å². The molecule has 184 valence electrons. The summed E-state index contributed by atoms with van der Waals surface area (Å²) in [6.07, 6.45) is 5.36. The lowest BCUT2D eigenvalue weighted by Gasteiger charge is -2.35. The molecule has 2 atom stereocenters. The number of furan rings is 1. The van der Waals surface area contributed by atoms with E-state index >= 15 is 0 Å². The number of nitrogens with zero attached hydrogens (tertiary/aromatic N) is 1. The predicted octanol–water partition coefficient (Wildman–Crippen LogP) is 3.97. The number of carbonyl (C=O) groups excluding carboxylic acids is 2. The van der Waals surface area contributed by atoms with Crippen molar-refractivity contribution < 1.29 is 18.7 Å². The molecule has 7 nitrogen and oxygen atoms in total. The Balaban J connectivity index is 1.48. The van der Waals surface area contributed by atoms with Crippen LogP contribution in [0, 0.1) is 0 Å². The Morgan fingerprint density at radius 1 is 0.971 bits per heavy atom. The van der Waals surface area contributed by atoms with Gasteiger partial charge in [-0.15, -0.1) is 0 Å². The molecule has 3 aromatic rings. The van der Waals surface area contributed by atoms with Crippen molar-refractivity contribution in [3.63, 3.8) is 0 Å². The van der Waals surface area contributed by atoms with Crippen molar-refractivity contribution >= 4 is 11.8 Å². The van der Waals surface area contributed by atoms with Crippen LogP contribution >= 0.6 is 0 Å². The highest BCUT2D eigenvalue weighted by Gasteiger charge is 2.27. The van der Waals surface area contributed by atoms with Gasteiger partial charge < -0.3 is 19.8 Å². The summed E-state index contributed by atoms with van der Waals surface area (Å²) in [5, 5.41) is 5.97. The van der Waals surface area contributed by atoms with Gasteiger partial charge in [0.25, 0.3) is 5.91 Å². The second-order valence-electron chi connectivity index (χ2n) is 8.82. The fourth-order valence-electron chi connectivity index (χ4n) is 4.53. The Hall–Kier alpha value is -3.58. The van der Waals surface area contributed by atoms with Crippen LogP contribution in [0.15, 0.2) is 77.4 Å². The minimum atomic E-state index is -0.729. The van der Waals surface area contributed by atoms with Crippen LogP contribution in [0.4, 0.5) is 0 Å². The first-order chi connectivity index (χ1) is 17.1. The number of hydrogen-bond donors (Lipinski definition) is 2. The first-order valence-corrected chi connectivity index (χ1v) is 12.2. The summed E-state index contributed by atoms with van der Waals surface area (Å²) >= 11 is 0. The van der Waals surface area contributed by atoms with Crippen LogP contribution in [0.25, 0.3) is 0 Å². The molecule has 2 aromatic carbocycles. The number of amides is 2. The normalized spacial score (nSPS) is 15.7. The third kappa shape index (κ3) is 6.73. The summed E-state index contributed by atoms with van der Waals surface area (Å²) in [6.45, 7) is 2.44. The number of likely N-dealkylation sites (tertiary alicyclic amines) is 1. The van der Waals surface area contributed by atoms with Crippen LogP contribution in [0.1, 0.15) is 47.0 Å². The first-order valence-electron chi connectivity index (χ1n) is 12.2. The molecule has 7 heteroatoms. The Kier molecular flexibility index (Phi) is 8.57. The average Bonchev–Trinajstić information content (AvgIpc) is 3.45. The average molecular weight is 476 g/mol. The van der Waals surface area contributed by atoms with Gasteiger partial charge in [-0.05, 0) is 61.3 Å². The molecule has 2 unspecified atom stereocenters. The van der Waals surface area contributed by atoms with Gasteiger partial charge in [0.1, 0.15) is 11.8 Å². The van der Waals surface area contributed by atoms with E-state index in [0.29, 0.717) is 13.0 Å². The van der Waals surface area contributed by atoms with Crippen molar-refractivity contribution in [1.82, 2.24) is 15.5 Å². The smallest absolute Gasteiger partial charge is 0.287 e. The molecule has 35 heavy (non-hydrogen) atoms. The molecule has 1 aliphatic heterocycles. The van der Waals surface area contributed by atoms with Gasteiger partial charge in [0.05, 0.1) is 19.4 Å². The molecule has 2 heterocycles. The molecule has 0 spiro atoms. The Labute approximate surface area is 206 Å². The molecule has 1 aliphatic rings. The van der Waals surface area contributed by atoms with Crippen molar-refractivity contribution in [2.24, 2.45) is 0 Å². The van der Waals surface area contributed by atoms with Gasteiger partial charge >= 0.3 is 0 Å². The minimum Gasteiger partial charge on any atom is -0.497 e. The molecular formula is C28H33N3O4. The quantitative estimate of drug-likeness (QED) is 0.464. The molecule has 0 aliphatic carbocycles. The van der Waals surface area contributed by atoms with Gasteiger partial charge in [-0.2, -0.15) is 0 Å². The number of nitrogens with one attached hydrogen (secondary N) is 2. The van der Waals surface area contributed by atoms with E-state index in [4.69, 9.17) is 9.15 Å². The highest BCUT2D eigenvalue weighted by molar-refractivity contribution is 5.95. The molecule has 1 fully saturated rings. The zero-order valence-electron chi connectivity index (χ0n) is 20.1. The maximum absolute atomic E-state index is 13.4. The molecule has 2 N–H and O–H groups in total. The van der Waals surface area contributed by atoms with E-state index in [0.717, 1.165) is 42.8 Å². The van der Waals surface area contributed by atoms with Gasteiger partial charge in [-0.25, -0.2) is 0 Å². The fourth-order valence-corrected chi connectivity index (χ4v) is 4.53. The number of ether oxygens (including phenoxy) is 1. The second kappa shape index (κ2) is 12.2. The Bertz CT molecular complexity index is 1060. The molecule has 2 amide bonds. The maximum atomic E-state index is 13.4. The van der Waals surface area contributed by atoms with Gasteiger partial charge in [0.15, 0.2) is 5.76 Å². The lowest BCUT2D eigenvalue weighted by atomic mass is 10.0. The summed E-state index contributed by atoms with van der Waals surface area (Å²) in [4.78, 5) is 28.5. The lowest BCUT2D eigenvalue weighted by Crippen LogP contribution is -2.50. The van der Waals surface area contributed by atoms with Crippen LogP contribution < -0.4 is 15.4 Å². The minimum absolute atomic E-state index is 0.0447. The van der Waals surface area contributed by atoms with E-state index in [9.17, 15) is 9.59 Å². The van der Waals surface area contributed by atoms with Crippen molar-refractivity contribution in [3.8, 4) is 5.75 Å². The van der Waals surface area contributed by atoms with E-state index in [-0.39, 0.29) is 17.7 Å². The summed E-state index contributed by atoms with van der Waals surface area (Å²) < 4.78 is 10.5. The summed E-state index contributed by atoms with van der Waals surface area (Å²) in [5.41, 5.74) is 2.10. The van der Waals surface area contributed by atoms with E-state index in [1.54, 1.807) is 19.2 Å². The molecule has 4 rings (SSSR count). The van der Waals surface area contributed by atoms with E-state index in [1.807, 2.05) is 42.5 Å². The zero-order chi connectivity index (χ0) is 24.5. The molecule has 0 saturated carbocycles. The van der Waals surface area contributed by atoms with Crippen LogP contribution in [0.2, 0.25) is 0 Å². The molecule has 1 aromatic heterocycles. The molecule has 0 radical (unpaired) electrons. The van der Waals surface area contributed by atoms with E-state index < -0.39 is 11.9 Å². The van der Waals surface area contributed by atoms with E-state index in [1.165, 1.54) is 12.7 Å². The monoisotopic (exact) mass is 475 g/mol. The number of methoxy groups -OCH3 is 1. The van der Waals surface area contributed by atoms with Crippen LogP contribution in [-0.4, -0.2) is 49.5 Å².